The van der Waals surface area contributed by atoms with Crippen LogP contribution in [0.15, 0.2) is 18.2 Å². The third-order valence-corrected chi connectivity index (χ3v) is 5.09. The van der Waals surface area contributed by atoms with Gasteiger partial charge in [0.2, 0.25) is 5.91 Å². The van der Waals surface area contributed by atoms with Gasteiger partial charge in [-0.2, -0.15) is 5.26 Å². The van der Waals surface area contributed by atoms with Gasteiger partial charge in [0.25, 0.3) is 0 Å². The van der Waals surface area contributed by atoms with E-state index in [2.05, 4.69) is 10.6 Å². The molecular weight excluding hydrogens is 293 g/mol. The highest BCUT2D eigenvalue weighted by Gasteiger charge is 2.34. The second-order valence-corrected chi connectivity index (χ2v) is 6.68. The molecule has 0 unspecified atom stereocenters. The Balaban J connectivity index is 1.62. The van der Waals surface area contributed by atoms with Crippen LogP contribution in [0.2, 0.25) is 0 Å². The van der Waals surface area contributed by atoms with Crippen LogP contribution in [0.25, 0.3) is 0 Å². The number of rotatable bonds is 4. The molecule has 0 aromatic heterocycles. The Bertz CT molecular complexity index is 613. The first kappa shape index (κ1) is 15.8. The number of nitrogens with zero attached hydrogens (tertiary/aromatic N) is 1. The molecule has 0 atom stereocenters. The zero-order chi connectivity index (χ0) is 16.2. The third-order valence-electron chi connectivity index (χ3n) is 5.09. The fraction of sp³-hybridized carbons (Fsp3) is 0.556. The largest absolute Gasteiger partial charge is 0.326 e. The van der Waals surface area contributed by atoms with Gasteiger partial charge < -0.3 is 10.6 Å². The van der Waals surface area contributed by atoms with Crippen molar-refractivity contribution in [3.05, 3.63) is 29.6 Å². The van der Waals surface area contributed by atoms with Crippen molar-refractivity contribution in [2.24, 2.45) is 5.92 Å². The van der Waals surface area contributed by atoms with Crippen molar-refractivity contribution in [3.8, 4) is 6.19 Å². The van der Waals surface area contributed by atoms with E-state index in [1.54, 1.807) is 12.1 Å². The van der Waals surface area contributed by atoms with Gasteiger partial charge >= 0.3 is 0 Å². The topological polar surface area (TPSA) is 64.9 Å². The Morgan fingerprint density at radius 3 is 2.65 bits per heavy atom. The average Bonchev–Trinajstić information content (AvgIpc) is 2.53. The maximum absolute atomic E-state index is 14.1. The molecule has 0 spiro atoms. The maximum atomic E-state index is 14.1. The molecule has 4 nitrogen and oxygen atoms in total. The highest BCUT2D eigenvalue weighted by molar-refractivity contribution is 5.93. The first-order chi connectivity index (χ1) is 11.2. The number of carbonyl (C=O) groups is 1. The molecule has 122 valence electrons. The van der Waals surface area contributed by atoms with Crippen LogP contribution in [-0.4, -0.2) is 11.9 Å². The van der Waals surface area contributed by atoms with E-state index in [0.717, 1.165) is 31.2 Å². The van der Waals surface area contributed by atoms with Gasteiger partial charge in [0.05, 0.1) is 0 Å². The van der Waals surface area contributed by atoms with Gasteiger partial charge in [-0.3, -0.25) is 4.79 Å². The molecule has 2 N–H and O–H groups in total. The van der Waals surface area contributed by atoms with Gasteiger partial charge in [0.1, 0.15) is 5.82 Å². The Hall–Kier alpha value is -2.09. The number of hydrogen-bond acceptors (Lipinski definition) is 3. The van der Waals surface area contributed by atoms with Gasteiger partial charge in [0, 0.05) is 17.6 Å². The van der Waals surface area contributed by atoms with Gasteiger partial charge in [-0.1, -0.05) is 19.3 Å². The Labute approximate surface area is 136 Å². The van der Waals surface area contributed by atoms with Crippen molar-refractivity contribution in [3.63, 3.8) is 0 Å². The van der Waals surface area contributed by atoms with Gasteiger partial charge in [-0.15, -0.1) is 0 Å². The Kier molecular flexibility index (Phi) is 4.80. The number of amides is 1. The van der Waals surface area contributed by atoms with Crippen LogP contribution < -0.4 is 10.6 Å². The Morgan fingerprint density at radius 2 is 1.96 bits per heavy atom. The summed E-state index contributed by atoms with van der Waals surface area (Å²) in [6.07, 6.45) is 8.84. The normalized spacial score (nSPS) is 24.3. The molecule has 2 fully saturated rings. The minimum absolute atomic E-state index is 0.0396. The summed E-state index contributed by atoms with van der Waals surface area (Å²) in [5.74, 6) is -0.00318. The van der Waals surface area contributed by atoms with Crippen molar-refractivity contribution in [1.29, 1.82) is 5.26 Å². The van der Waals surface area contributed by atoms with Crippen LogP contribution in [0.4, 0.5) is 10.1 Å². The molecule has 2 saturated carbocycles. The second kappa shape index (κ2) is 6.99. The minimum Gasteiger partial charge on any atom is -0.326 e. The summed E-state index contributed by atoms with van der Waals surface area (Å²) in [5, 5.41) is 14.1. The van der Waals surface area contributed by atoms with E-state index >= 15 is 0 Å². The molecule has 0 radical (unpaired) electrons. The average molecular weight is 315 g/mol. The van der Waals surface area contributed by atoms with Gasteiger partial charge in [0.15, 0.2) is 6.19 Å². The fourth-order valence-electron chi connectivity index (χ4n) is 3.63. The molecule has 0 aliphatic heterocycles. The van der Waals surface area contributed by atoms with Crippen molar-refractivity contribution in [1.82, 2.24) is 5.32 Å². The summed E-state index contributed by atoms with van der Waals surface area (Å²) in [4.78, 5) is 12.2. The lowest BCUT2D eigenvalue weighted by Gasteiger charge is -2.33. The molecule has 5 heteroatoms. The lowest BCUT2D eigenvalue weighted by molar-refractivity contribution is -0.122. The molecule has 1 aromatic rings. The van der Waals surface area contributed by atoms with E-state index in [-0.39, 0.29) is 29.6 Å². The minimum atomic E-state index is -0.170. The number of benzene rings is 1. The molecule has 23 heavy (non-hydrogen) atoms. The highest BCUT2D eigenvalue weighted by atomic mass is 19.1. The zero-order valence-electron chi connectivity index (χ0n) is 13.1. The van der Waals surface area contributed by atoms with E-state index in [0.29, 0.717) is 18.5 Å². The summed E-state index contributed by atoms with van der Waals surface area (Å²) in [5.41, 5.74) is 1.41. The predicted molar refractivity (Wildman–Crippen MR) is 86.1 cm³/mol. The van der Waals surface area contributed by atoms with Crippen LogP contribution in [0, 0.1) is 23.2 Å². The predicted octanol–water partition coefficient (Wildman–Crippen LogP) is 3.66. The third kappa shape index (κ3) is 3.64. The van der Waals surface area contributed by atoms with E-state index in [1.165, 1.54) is 12.5 Å². The van der Waals surface area contributed by atoms with Crippen LogP contribution in [-0.2, 0) is 4.79 Å². The summed E-state index contributed by atoms with van der Waals surface area (Å²) in [6, 6.07) is 5.00. The molecular formula is C18H22FN3O. The zero-order valence-corrected chi connectivity index (χ0v) is 13.1. The number of anilines is 1. The van der Waals surface area contributed by atoms with Gasteiger partial charge in [-0.25, -0.2) is 4.39 Å². The molecule has 0 heterocycles. The van der Waals surface area contributed by atoms with E-state index < -0.39 is 0 Å². The molecule has 2 aliphatic carbocycles. The van der Waals surface area contributed by atoms with Crippen LogP contribution in [0.3, 0.4) is 0 Å². The summed E-state index contributed by atoms with van der Waals surface area (Å²) >= 11 is 0. The maximum Gasteiger partial charge on any atom is 0.227 e. The van der Waals surface area contributed by atoms with Gasteiger partial charge in [-0.05, 0) is 55.4 Å². The van der Waals surface area contributed by atoms with E-state index in [1.807, 2.05) is 6.19 Å². The standard InChI is InChI=1S/C18H22FN3O/c19-17-7-6-14(10-16(17)12-4-2-1-3-5-12)22-18(23)13-8-15(9-13)21-11-20/h6-7,10,12-13,15,21H,1-5,8-9H2,(H,22,23)/t13-,15-. The van der Waals surface area contributed by atoms with E-state index in [4.69, 9.17) is 5.26 Å². The number of carbonyl (C=O) groups excluding carboxylic acids is 1. The second-order valence-electron chi connectivity index (χ2n) is 6.68. The molecule has 3 rings (SSSR count). The highest BCUT2D eigenvalue weighted by Crippen LogP contribution is 2.35. The van der Waals surface area contributed by atoms with Crippen LogP contribution in [0.1, 0.15) is 56.4 Å². The number of hydrogen-bond donors (Lipinski definition) is 2. The van der Waals surface area contributed by atoms with Crippen LogP contribution >= 0.6 is 0 Å². The number of nitriles is 1. The molecule has 1 aromatic carbocycles. The summed E-state index contributed by atoms with van der Waals surface area (Å²) in [6.45, 7) is 0. The monoisotopic (exact) mass is 315 g/mol. The van der Waals surface area contributed by atoms with Crippen molar-refractivity contribution in [2.75, 3.05) is 5.32 Å². The quantitative estimate of drug-likeness (QED) is 0.658. The molecule has 0 bridgehead atoms. The smallest absolute Gasteiger partial charge is 0.227 e. The number of nitrogens with one attached hydrogen (secondary N) is 2. The lowest BCUT2D eigenvalue weighted by atomic mass is 9.79. The van der Waals surface area contributed by atoms with Crippen molar-refractivity contribution in [2.45, 2.75) is 56.9 Å². The van der Waals surface area contributed by atoms with Crippen LogP contribution in [0.5, 0.6) is 0 Å². The SMILES string of the molecule is N#CN[C@H]1C[C@H](C(=O)Nc2ccc(F)c(C3CCCCC3)c2)C1. The Morgan fingerprint density at radius 1 is 1.22 bits per heavy atom. The molecule has 2 aliphatic rings. The summed E-state index contributed by atoms with van der Waals surface area (Å²) in [7, 11) is 0. The fourth-order valence-corrected chi connectivity index (χ4v) is 3.63. The van der Waals surface area contributed by atoms with E-state index in [9.17, 15) is 9.18 Å². The first-order valence-corrected chi connectivity index (χ1v) is 8.42. The van der Waals surface area contributed by atoms with Crippen molar-refractivity contribution < 1.29 is 9.18 Å². The molecule has 1 amide bonds. The van der Waals surface area contributed by atoms with Crippen molar-refractivity contribution >= 4 is 11.6 Å². The number of halogens is 1. The first-order valence-electron chi connectivity index (χ1n) is 8.42. The lowest BCUT2D eigenvalue weighted by Crippen LogP contribution is -2.44. The molecule has 0 saturated heterocycles. The summed E-state index contributed by atoms with van der Waals surface area (Å²) < 4.78 is 14.1.